The lowest BCUT2D eigenvalue weighted by atomic mass is 9.77. The molecular weight excluding hydrogens is 323 g/mol. The number of rotatable bonds is 6. The first-order valence-corrected chi connectivity index (χ1v) is 7.77. The lowest BCUT2D eigenvalue weighted by Gasteiger charge is -2.21. The summed E-state index contributed by atoms with van der Waals surface area (Å²) in [7, 11) is -1.38. The molecule has 0 fully saturated rings. The Morgan fingerprint density at radius 3 is 2.96 bits per heavy atom. The number of hydrogen-bond acceptors (Lipinski definition) is 7. The number of carboxylic acid groups (broad SMARTS) is 1. The second-order valence-electron chi connectivity index (χ2n) is 4.97. The second kappa shape index (κ2) is 8.00. The molecule has 3 atom stereocenters. The van der Waals surface area contributed by atoms with Gasteiger partial charge >= 0.3 is 13.1 Å². The first-order valence-electron chi connectivity index (χ1n) is 6.89. The zero-order chi connectivity index (χ0) is 16.8. The van der Waals surface area contributed by atoms with Gasteiger partial charge in [0.1, 0.15) is 0 Å². The normalized spacial score (nSPS) is 22.2. The van der Waals surface area contributed by atoms with E-state index in [1.807, 2.05) is 0 Å². The highest BCUT2D eigenvalue weighted by atomic mass is 32.1. The first-order chi connectivity index (χ1) is 11.0. The molecule has 0 aliphatic carbocycles. The van der Waals surface area contributed by atoms with E-state index in [4.69, 9.17) is 9.76 Å². The average molecular weight is 338 g/mol. The number of nitroso groups, excluding NO2 is 1. The molecule has 2 rings (SSSR count). The molecule has 1 aliphatic rings. The quantitative estimate of drug-likeness (QED) is 0.402. The van der Waals surface area contributed by atoms with Crippen molar-refractivity contribution in [1.82, 2.24) is 5.32 Å². The smallest absolute Gasteiger partial charge is 0.478 e. The molecule has 122 valence electrons. The molecule has 0 saturated heterocycles. The molecule has 1 unspecified atom stereocenters. The van der Waals surface area contributed by atoms with Crippen molar-refractivity contribution in [2.45, 2.75) is 30.9 Å². The summed E-state index contributed by atoms with van der Waals surface area (Å²) in [4.78, 5) is 34.3. The van der Waals surface area contributed by atoms with Crippen molar-refractivity contribution in [3.8, 4) is 0 Å². The second-order valence-corrected chi connectivity index (χ2v) is 5.94. The van der Waals surface area contributed by atoms with E-state index in [0.717, 1.165) is 0 Å². The van der Waals surface area contributed by atoms with Gasteiger partial charge in [-0.25, -0.2) is 0 Å². The van der Waals surface area contributed by atoms with Gasteiger partial charge in [-0.2, -0.15) is 0 Å². The zero-order valence-electron chi connectivity index (χ0n) is 12.0. The van der Waals surface area contributed by atoms with Crippen LogP contribution in [0.25, 0.3) is 0 Å². The number of carboxylic acids is 1. The van der Waals surface area contributed by atoms with E-state index in [1.165, 1.54) is 17.4 Å². The van der Waals surface area contributed by atoms with E-state index in [2.05, 4.69) is 10.5 Å². The highest BCUT2D eigenvalue weighted by molar-refractivity contribution is 7.10. The average Bonchev–Trinajstić information content (AvgIpc) is 2.94. The van der Waals surface area contributed by atoms with Crippen LogP contribution >= 0.6 is 11.3 Å². The van der Waals surface area contributed by atoms with Crippen LogP contribution in [0.1, 0.15) is 23.8 Å². The van der Waals surface area contributed by atoms with Gasteiger partial charge in [-0.15, -0.1) is 16.2 Å². The molecule has 0 spiro atoms. The van der Waals surface area contributed by atoms with Crippen LogP contribution in [0.15, 0.2) is 34.8 Å². The van der Waals surface area contributed by atoms with Crippen LogP contribution in [0, 0.1) is 4.91 Å². The van der Waals surface area contributed by atoms with Gasteiger partial charge in [-0.05, 0) is 17.9 Å². The van der Waals surface area contributed by atoms with E-state index >= 15 is 0 Å². The van der Waals surface area contributed by atoms with Crippen LogP contribution in [-0.2, 0) is 14.2 Å². The van der Waals surface area contributed by atoms with Gasteiger partial charge in [0.2, 0.25) is 6.04 Å². The number of nitrogens with zero attached hydrogens (tertiary/aromatic N) is 1. The summed E-state index contributed by atoms with van der Waals surface area (Å²) < 4.78 is 5.21. The summed E-state index contributed by atoms with van der Waals surface area (Å²) in [5.74, 6) is -2.49. The number of hydrogen-bond donors (Lipinski definition) is 3. The van der Waals surface area contributed by atoms with Gasteiger partial charge in [0, 0.05) is 4.88 Å². The minimum Gasteiger partial charge on any atom is -0.481 e. The molecule has 1 amide bonds. The number of aliphatic carboxylic acids is 1. The van der Waals surface area contributed by atoms with Crippen LogP contribution in [-0.4, -0.2) is 41.2 Å². The van der Waals surface area contributed by atoms with Crippen molar-refractivity contribution in [3.05, 3.63) is 39.4 Å². The van der Waals surface area contributed by atoms with Gasteiger partial charge in [0.05, 0.1) is 18.5 Å². The van der Waals surface area contributed by atoms with Crippen LogP contribution < -0.4 is 5.32 Å². The molecule has 3 N–H and O–H groups in total. The fraction of sp³-hybridized carbons (Fsp3) is 0.385. The van der Waals surface area contributed by atoms with Gasteiger partial charge in [0.15, 0.2) is 0 Å². The van der Waals surface area contributed by atoms with Gasteiger partial charge in [-0.1, -0.05) is 23.4 Å². The standard InChI is InChI=1S/C13H15BN2O6S/c17-11(18)7-8-3-1-5-10(14(20)22-8)15-13(19)12(16-21)9-4-2-6-23-9/h1-4,6,8,10,12,20H,5,7H2,(H,15,19)(H,17,18)/t8-,10+,12?/m1/s1. The van der Waals surface area contributed by atoms with Crippen molar-refractivity contribution in [1.29, 1.82) is 0 Å². The molecule has 2 heterocycles. The van der Waals surface area contributed by atoms with Crippen molar-refractivity contribution in [3.63, 3.8) is 0 Å². The number of carbonyl (C=O) groups is 2. The fourth-order valence-corrected chi connectivity index (χ4v) is 2.92. The number of carbonyl (C=O) groups excluding carboxylic acids is 1. The molecule has 0 saturated carbocycles. The summed E-state index contributed by atoms with van der Waals surface area (Å²) >= 11 is 1.23. The summed E-state index contributed by atoms with van der Waals surface area (Å²) in [6, 6.07) is 2.14. The Morgan fingerprint density at radius 1 is 1.57 bits per heavy atom. The first kappa shape index (κ1) is 17.3. The zero-order valence-corrected chi connectivity index (χ0v) is 12.8. The van der Waals surface area contributed by atoms with E-state index in [-0.39, 0.29) is 12.8 Å². The van der Waals surface area contributed by atoms with E-state index in [1.54, 1.807) is 23.6 Å². The predicted molar refractivity (Wildman–Crippen MR) is 83.6 cm³/mol. The molecule has 0 aromatic carbocycles. The summed E-state index contributed by atoms with van der Waals surface area (Å²) in [6.45, 7) is 0. The number of thiophene rings is 1. The van der Waals surface area contributed by atoms with E-state index < -0.39 is 37.1 Å². The molecule has 1 aliphatic heterocycles. The summed E-state index contributed by atoms with van der Waals surface area (Å²) in [5, 5.41) is 25.8. The van der Waals surface area contributed by atoms with Crippen molar-refractivity contribution in [2.75, 3.05) is 0 Å². The number of amides is 1. The maximum absolute atomic E-state index is 12.2. The number of nitrogens with one attached hydrogen (secondary N) is 1. The summed E-state index contributed by atoms with van der Waals surface area (Å²) in [6.07, 6.45) is 2.34. The largest absolute Gasteiger partial charge is 0.481 e. The van der Waals surface area contributed by atoms with Crippen molar-refractivity contribution >= 4 is 30.3 Å². The Kier molecular flexibility index (Phi) is 6.02. The Labute approximate surface area is 136 Å². The SMILES string of the molecule is O=NC(C(=O)N[C@H]1CC=C[C@H](CC(=O)O)OB1O)c1cccs1. The maximum Gasteiger partial charge on any atom is 0.478 e. The maximum atomic E-state index is 12.2. The highest BCUT2D eigenvalue weighted by Gasteiger charge is 2.34. The minimum absolute atomic E-state index is 0.249. The molecule has 10 heteroatoms. The summed E-state index contributed by atoms with van der Waals surface area (Å²) in [5.41, 5.74) is 0. The van der Waals surface area contributed by atoms with Crippen molar-refractivity contribution in [2.24, 2.45) is 5.18 Å². The topological polar surface area (TPSA) is 125 Å². The molecule has 8 nitrogen and oxygen atoms in total. The van der Waals surface area contributed by atoms with Crippen molar-refractivity contribution < 1.29 is 24.4 Å². The predicted octanol–water partition coefficient (Wildman–Crippen LogP) is 0.880. The third kappa shape index (κ3) is 4.72. The lowest BCUT2D eigenvalue weighted by molar-refractivity contribution is -0.138. The van der Waals surface area contributed by atoms with E-state index in [0.29, 0.717) is 4.88 Å². The molecular formula is C13H15BN2O6S. The third-order valence-electron chi connectivity index (χ3n) is 3.27. The molecule has 0 bridgehead atoms. The molecule has 1 aromatic heterocycles. The van der Waals surface area contributed by atoms with Gasteiger partial charge in [-0.3, -0.25) is 9.59 Å². The van der Waals surface area contributed by atoms with E-state index in [9.17, 15) is 19.5 Å². The lowest BCUT2D eigenvalue weighted by Crippen LogP contribution is -2.49. The Hall–Kier alpha value is -2.04. The fourth-order valence-electron chi connectivity index (χ4n) is 2.17. The van der Waals surface area contributed by atoms with Crippen LogP contribution in [0.2, 0.25) is 0 Å². The molecule has 23 heavy (non-hydrogen) atoms. The Balaban J connectivity index is 1.99. The van der Waals surface area contributed by atoms with Crippen LogP contribution in [0.5, 0.6) is 0 Å². The monoisotopic (exact) mass is 338 g/mol. The minimum atomic E-state index is -1.38. The van der Waals surface area contributed by atoms with Crippen LogP contribution in [0.4, 0.5) is 0 Å². The molecule has 1 aromatic rings. The Morgan fingerprint density at radius 2 is 2.35 bits per heavy atom. The van der Waals surface area contributed by atoms with Gasteiger partial charge in [0.25, 0.3) is 5.91 Å². The highest BCUT2D eigenvalue weighted by Crippen LogP contribution is 2.23. The van der Waals surface area contributed by atoms with Gasteiger partial charge < -0.3 is 20.1 Å². The van der Waals surface area contributed by atoms with Crippen LogP contribution in [0.3, 0.4) is 0 Å². The Bertz CT molecular complexity index is 593. The molecule has 0 radical (unpaired) electrons. The third-order valence-corrected chi connectivity index (χ3v) is 4.19.